The molecule has 0 aliphatic rings. The van der Waals surface area contributed by atoms with Crippen molar-refractivity contribution in [3.05, 3.63) is 36.2 Å². The molecule has 1 heterocycles. The van der Waals surface area contributed by atoms with Crippen molar-refractivity contribution in [1.82, 2.24) is 0 Å². The number of rotatable bonds is 2. The minimum absolute atomic E-state index is 0.870. The molecule has 0 radical (unpaired) electrons. The van der Waals surface area contributed by atoms with Crippen molar-refractivity contribution in [2.75, 3.05) is 7.11 Å². The Kier molecular flexibility index (Phi) is 5.87. The van der Waals surface area contributed by atoms with Crippen molar-refractivity contribution in [3.8, 4) is 0 Å². The van der Waals surface area contributed by atoms with E-state index in [1.165, 1.54) is 5.69 Å². The van der Waals surface area contributed by atoms with Gasteiger partial charge in [-0.1, -0.05) is 12.7 Å². The third-order valence-electron chi connectivity index (χ3n) is 1.86. The molecule has 1 aromatic heterocycles. The zero-order valence-electron chi connectivity index (χ0n) is 9.54. The zero-order valence-corrected chi connectivity index (χ0v) is 10.4. The molecule has 6 heteroatoms. The molecule has 16 heavy (non-hydrogen) atoms. The largest absolute Gasteiger partial charge is 0.397 e. The first-order valence-electron chi connectivity index (χ1n) is 4.42. The van der Waals surface area contributed by atoms with Gasteiger partial charge in [0.1, 0.15) is 7.05 Å². The van der Waals surface area contributed by atoms with Crippen LogP contribution >= 0.6 is 0 Å². The number of pyridine rings is 1. The number of aryl methyl sites for hydroxylation is 2. The van der Waals surface area contributed by atoms with Crippen LogP contribution < -0.4 is 4.57 Å². The molecular formula is C10H16NO4S+. The molecule has 1 rings (SSSR count). The van der Waals surface area contributed by atoms with Crippen molar-refractivity contribution < 1.29 is 21.7 Å². The van der Waals surface area contributed by atoms with E-state index in [2.05, 4.69) is 40.6 Å². The third kappa shape index (κ3) is 6.28. The predicted molar refractivity (Wildman–Crippen MR) is 61.0 cm³/mol. The monoisotopic (exact) mass is 246 g/mol. The van der Waals surface area contributed by atoms with Crippen LogP contribution in [-0.4, -0.2) is 20.1 Å². The molecule has 0 unspecified atom stereocenters. The quantitative estimate of drug-likeness (QED) is 0.622. The summed E-state index contributed by atoms with van der Waals surface area (Å²) < 4.78 is 31.8. The van der Waals surface area contributed by atoms with Crippen molar-refractivity contribution in [3.63, 3.8) is 0 Å². The Hall–Kier alpha value is -1.24. The predicted octanol–water partition coefficient (Wildman–Crippen LogP) is 0.898. The lowest BCUT2D eigenvalue weighted by Crippen LogP contribution is -2.31. The SMILES string of the molecule is C=Cc1ccc(C)[n+](C)c1.COS(=O)(=O)O. The summed E-state index contributed by atoms with van der Waals surface area (Å²) in [5.74, 6) is 0. The molecule has 0 spiro atoms. The Morgan fingerprint density at radius 2 is 2.00 bits per heavy atom. The van der Waals surface area contributed by atoms with Crippen molar-refractivity contribution in [1.29, 1.82) is 0 Å². The summed E-state index contributed by atoms with van der Waals surface area (Å²) in [6.45, 7) is 5.76. The van der Waals surface area contributed by atoms with Gasteiger partial charge in [-0.2, -0.15) is 8.42 Å². The van der Waals surface area contributed by atoms with E-state index in [0.717, 1.165) is 12.7 Å². The summed E-state index contributed by atoms with van der Waals surface area (Å²) in [4.78, 5) is 0. The minimum Gasteiger partial charge on any atom is -0.264 e. The summed E-state index contributed by atoms with van der Waals surface area (Å²) in [5, 5.41) is 0. The highest BCUT2D eigenvalue weighted by Crippen LogP contribution is 1.97. The standard InChI is InChI=1S/C9H12N.CH4O4S/c1-4-9-6-5-8(2)10(3)7-9;1-5-6(2,3)4/h4-7H,1H2,2-3H3;1H3,(H,2,3,4)/q+1;. The van der Waals surface area contributed by atoms with E-state index in [-0.39, 0.29) is 0 Å². The lowest BCUT2D eigenvalue weighted by atomic mass is 10.2. The van der Waals surface area contributed by atoms with Gasteiger partial charge in [-0.25, -0.2) is 4.57 Å². The summed E-state index contributed by atoms with van der Waals surface area (Å²) in [7, 11) is -1.26. The van der Waals surface area contributed by atoms with Gasteiger partial charge in [-0.3, -0.25) is 8.74 Å². The van der Waals surface area contributed by atoms with E-state index in [9.17, 15) is 8.42 Å². The van der Waals surface area contributed by atoms with Gasteiger partial charge in [0.2, 0.25) is 0 Å². The van der Waals surface area contributed by atoms with E-state index < -0.39 is 10.4 Å². The summed E-state index contributed by atoms with van der Waals surface area (Å²) in [6.07, 6.45) is 3.90. The molecule has 0 amide bonds. The molecular weight excluding hydrogens is 230 g/mol. The lowest BCUT2D eigenvalue weighted by molar-refractivity contribution is -0.677. The van der Waals surface area contributed by atoms with Crippen molar-refractivity contribution >= 4 is 16.5 Å². The van der Waals surface area contributed by atoms with Gasteiger partial charge in [0.25, 0.3) is 0 Å². The third-order valence-corrected chi connectivity index (χ3v) is 2.28. The minimum atomic E-state index is -4.16. The van der Waals surface area contributed by atoms with Crippen LogP contribution in [0, 0.1) is 6.92 Å². The lowest BCUT2D eigenvalue weighted by Gasteiger charge is -1.93. The molecule has 0 bridgehead atoms. The van der Waals surface area contributed by atoms with Gasteiger partial charge in [0.05, 0.1) is 7.11 Å². The first-order chi connectivity index (χ1) is 7.30. The molecule has 0 aliphatic carbocycles. The number of hydrogen-bond donors (Lipinski definition) is 1. The molecule has 5 nitrogen and oxygen atoms in total. The highest BCUT2D eigenvalue weighted by molar-refractivity contribution is 7.80. The Morgan fingerprint density at radius 1 is 1.50 bits per heavy atom. The van der Waals surface area contributed by atoms with Crippen LogP contribution in [-0.2, 0) is 21.6 Å². The van der Waals surface area contributed by atoms with Crippen LogP contribution in [0.2, 0.25) is 0 Å². The number of hydrogen-bond acceptors (Lipinski definition) is 3. The summed E-state index contributed by atoms with van der Waals surface area (Å²) in [6, 6.07) is 4.14. The Bertz CT molecular complexity index is 454. The van der Waals surface area contributed by atoms with E-state index >= 15 is 0 Å². The van der Waals surface area contributed by atoms with E-state index in [4.69, 9.17) is 4.55 Å². The first kappa shape index (κ1) is 14.8. The Morgan fingerprint density at radius 3 is 2.31 bits per heavy atom. The van der Waals surface area contributed by atoms with Gasteiger partial charge < -0.3 is 0 Å². The van der Waals surface area contributed by atoms with E-state index in [1.54, 1.807) is 0 Å². The smallest absolute Gasteiger partial charge is 0.264 e. The van der Waals surface area contributed by atoms with Crippen molar-refractivity contribution in [2.45, 2.75) is 6.92 Å². The van der Waals surface area contributed by atoms with E-state index in [1.807, 2.05) is 13.1 Å². The Balaban J connectivity index is 0.000000325. The second-order valence-electron chi connectivity index (χ2n) is 3.01. The average molecular weight is 246 g/mol. The highest BCUT2D eigenvalue weighted by atomic mass is 32.3. The molecule has 1 aromatic rings. The van der Waals surface area contributed by atoms with Gasteiger partial charge in [-0.05, 0) is 6.07 Å². The maximum Gasteiger partial charge on any atom is 0.397 e. The van der Waals surface area contributed by atoms with Crippen LogP contribution in [0.15, 0.2) is 24.9 Å². The molecule has 0 saturated heterocycles. The van der Waals surface area contributed by atoms with Crippen LogP contribution in [0.3, 0.4) is 0 Å². The molecule has 90 valence electrons. The second kappa shape index (κ2) is 6.37. The topological polar surface area (TPSA) is 67.5 Å². The molecule has 0 fully saturated rings. The molecule has 0 aromatic carbocycles. The molecule has 0 aliphatic heterocycles. The maximum atomic E-state index is 9.33. The van der Waals surface area contributed by atoms with Crippen LogP contribution in [0.25, 0.3) is 6.08 Å². The number of nitrogens with zero attached hydrogens (tertiary/aromatic N) is 1. The van der Waals surface area contributed by atoms with E-state index in [0.29, 0.717) is 0 Å². The maximum absolute atomic E-state index is 9.33. The first-order valence-corrected chi connectivity index (χ1v) is 5.78. The Labute approximate surface area is 96.0 Å². The molecule has 0 atom stereocenters. The van der Waals surface area contributed by atoms with Gasteiger partial charge >= 0.3 is 10.4 Å². The fourth-order valence-corrected chi connectivity index (χ4v) is 0.824. The zero-order chi connectivity index (χ0) is 12.8. The van der Waals surface area contributed by atoms with Crippen LogP contribution in [0.5, 0.6) is 0 Å². The molecule has 1 N–H and O–H groups in total. The summed E-state index contributed by atoms with van der Waals surface area (Å²) >= 11 is 0. The molecule has 0 saturated carbocycles. The van der Waals surface area contributed by atoms with Crippen LogP contribution in [0.1, 0.15) is 11.3 Å². The van der Waals surface area contributed by atoms with Gasteiger partial charge in [0, 0.05) is 18.6 Å². The fourth-order valence-electron chi connectivity index (χ4n) is 0.824. The second-order valence-corrected chi connectivity index (χ2v) is 4.20. The fraction of sp³-hybridized carbons (Fsp3) is 0.300. The highest BCUT2D eigenvalue weighted by Gasteiger charge is 1.98. The van der Waals surface area contributed by atoms with Crippen LogP contribution in [0.4, 0.5) is 0 Å². The summed E-state index contributed by atoms with van der Waals surface area (Å²) in [5.41, 5.74) is 2.42. The van der Waals surface area contributed by atoms with Gasteiger partial charge in [-0.15, -0.1) is 0 Å². The average Bonchev–Trinajstić information content (AvgIpc) is 2.22. The van der Waals surface area contributed by atoms with Crippen molar-refractivity contribution in [2.24, 2.45) is 7.05 Å². The normalized spacial score (nSPS) is 10.2. The van der Waals surface area contributed by atoms with Gasteiger partial charge in [0.15, 0.2) is 11.9 Å². The number of aromatic nitrogens is 1.